The fourth-order valence-electron chi connectivity index (χ4n) is 2.07. The van der Waals surface area contributed by atoms with Crippen molar-refractivity contribution in [1.82, 2.24) is 4.98 Å². The molecule has 1 aliphatic rings. The molecule has 1 aromatic heterocycles. The lowest BCUT2D eigenvalue weighted by molar-refractivity contribution is -0.123. The van der Waals surface area contributed by atoms with Crippen LogP contribution in [0.3, 0.4) is 0 Å². The zero-order valence-electron chi connectivity index (χ0n) is 11.7. The van der Waals surface area contributed by atoms with Crippen LogP contribution in [0.5, 0.6) is 0 Å². The number of carbonyl (C=O) groups is 2. The summed E-state index contributed by atoms with van der Waals surface area (Å²) in [6, 6.07) is 4.22. The molecule has 0 bridgehead atoms. The zero-order chi connectivity index (χ0) is 15.0. The van der Waals surface area contributed by atoms with E-state index in [1.54, 1.807) is 18.2 Å². The molecule has 118 valence electrons. The maximum Gasteiger partial charge on any atom is 0.241 e. The van der Waals surface area contributed by atoms with Crippen molar-refractivity contribution < 1.29 is 14.0 Å². The lowest BCUT2D eigenvalue weighted by Gasteiger charge is -2.10. The fraction of sp³-hybridized carbons (Fsp3) is 0.357. The van der Waals surface area contributed by atoms with Crippen molar-refractivity contribution in [3.8, 4) is 0 Å². The molecule has 1 aromatic carbocycles. The van der Waals surface area contributed by atoms with Gasteiger partial charge >= 0.3 is 0 Å². The average molecular weight is 325 g/mol. The topological polar surface area (TPSA) is 124 Å². The number of aromatic nitrogens is 1. The van der Waals surface area contributed by atoms with Gasteiger partial charge < -0.3 is 21.2 Å². The summed E-state index contributed by atoms with van der Waals surface area (Å²) in [7, 11) is 0. The first kappa shape index (κ1) is 16.3. The highest BCUT2D eigenvalue weighted by molar-refractivity contribution is 5.98. The van der Waals surface area contributed by atoms with Gasteiger partial charge in [0.05, 0.1) is 12.5 Å². The molecular weight excluding hydrogens is 308 g/mol. The Bertz CT molecular complexity index is 711. The highest BCUT2D eigenvalue weighted by atomic mass is 35.5. The molecule has 2 aromatic rings. The largest absolute Gasteiger partial charge is 0.440 e. The minimum Gasteiger partial charge on any atom is -0.440 e. The first-order valence-electron chi connectivity index (χ1n) is 6.78. The number of primary amides is 1. The molecule has 22 heavy (non-hydrogen) atoms. The second-order valence-electron chi connectivity index (χ2n) is 5.28. The van der Waals surface area contributed by atoms with Crippen LogP contribution in [-0.4, -0.2) is 22.8 Å². The lowest BCUT2D eigenvalue weighted by atomic mass is 10.2. The molecule has 1 atom stereocenters. The number of amides is 2. The van der Waals surface area contributed by atoms with Crippen molar-refractivity contribution in [3.05, 3.63) is 24.1 Å². The summed E-state index contributed by atoms with van der Waals surface area (Å²) >= 11 is 0. The van der Waals surface area contributed by atoms with Crippen molar-refractivity contribution in [3.63, 3.8) is 0 Å². The number of benzene rings is 1. The Balaban J connectivity index is 0.00000176. The Morgan fingerprint density at radius 1 is 1.41 bits per heavy atom. The third-order valence-electron chi connectivity index (χ3n) is 3.36. The number of carbonyl (C=O) groups excluding carboxylic acids is 2. The second kappa shape index (κ2) is 6.33. The Kier molecular flexibility index (Phi) is 4.68. The average Bonchev–Trinajstić information content (AvgIpc) is 3.18. The molecule has 1 aliphatic carbocycles. The molecule has 8 heteroatoms. The van der Waals surface area contributed by atoms with Crippen molar-refractivity contribution in [1.29, 1.82) is 0 Å². The first-order chi connectivity index (χ1) is 10.0. The molecule has 5 N–H and O–H groups in total. The smallest absolute Gasteiger partial charge is 0.241 e. The number of hydrogen-bond donors (Lipinski definition) is 3. The van der Waals surface area contributed by atoms with Crippen molar-refractivity contribution in [2.24, 2.45) is 11.5 Å². The first-order valence-corrected chi connectivity index (χ1v) is 6.78. The molecular formula is C14H17ClN4O3. The normalized spacial score (nSPS) is 15.1. The van der Waals surface area contributed by atoms with E-state index in [-0.39, 0.29) is 18.8 Å². The summed E-state index contributed by atoms with van der Waals surface area (Å²) in [5.41, 5.74) is 12.5. The van der Waals surface area contributed by atoms with Gasteiger partial charge in [0.25, 0.3) is 0 Å². The minimum atomic E-state index is -0.961. The number of nitrogens with zero attached hydrogens (tertiary/aromatic N) is 1. The van der Waals surface area contributed by atoms with Gasteiger partial charge in [-0.25, -0.2) is 4.98 Å². The van der Waals surface area contributed by atoms with E-state index >= 15 is 0 Å². The molecule has 1 saturated carbocycles. The summed E-state index contributed by atoms with van der Waals surface area (Å²) in [5.74, 6) is 0.107. The standard InChI is InChI=1S/C14H16N4O3.ClH/c15-9(6-12(16)19)13(20)17-8-3-4-11-10(5-8)18-14(21-11)7-1-2-7;/h3-5,7,9H,1-2,6,15H2,(H2,16,19)(H,17,20);1H. The van der Waals surface area contributed by atoms with E-state index in [1.807, 2.05) is 0 Å². The second-order valence-corrected chi connectivity index (χ2v) is 5.28. The van der Waals surface area contributed by atoms with E-state index in [9.17, 15) is 9.59 Å². The van der Waals surface area contributed by atoms with Crippen LogP contribution in [0.1, 0.15) is 31.1 Å². The highest BCUT2D eigenvalue weighted by Crippen LogP contribution is 2.40. The number of fused-ring (bicyclic) bond motifs is 1. The van der Waals surface area contributed by atoms with Gasteiger partial charge in [-0.3, -0.25) is 9.59 Å². The van der Waals surface area contributed by atoms with Gasteiger partial charge in [-0.2, -0.15) is 0 Å². The van der Waals surface area contributed by atoms with Crippen LogP contribution < -0.4 is 16.8 Å². The summed E-state index contributed by atoms with van der Waals surface area (Å²) in [5, 5.41) is 2.64. The van der Waals surface area contributed by atoms with Crippen molar-refractivity contribution in [2.75, 3.05) is 5.32 Å². The van der Waals surface area contributed by atoms with E-state index in [1.165, 1.54) is 0 Å². The van der Waals surface area contributed by atoms with Gasteiger partial charge in [-0.15, -0.1) is 12.4 Å². The summed E-state index contributed by atoms with van der Waals surface area (Å²) in [6.07, 6.45) is 2.03. The van der Waals surface area contributed by atoms with Crippen LogP contribution in [-0.2, 0) is 9.59 Å². The molecule has 0 aliphatic heterocycles. The highest BCUT2D eigenvalue weighted by Gasteiger charge is 2.29. The van der Waals surface area contributed by atoms with Crippen LogP contribution in [0.2, 0.25) is 0 Å². The summed E-state index contributed by atoms with van der Waals surface area (Å²) in [6.45, 7) is 0. The van der Waals surface area contributed by atoms with E-state index in [2.05, 4.69) is 10.3 Å². The molecule has 1 fully saturated rings. The van der Waals surface area contributed by atoms with E-state index in [4.69, 9.17) is 15.9 Å². The SMILES string of the molecule is Cl.NC(=O)CC(N)C(=O)Nc1ccc2oc(C3CC3)nc2c1. The Labute approximate surface area is 132 Å². The third kappa shape index (κ3) is 3.55. The maximum atomic E-state index is 11.8. The number of oxazole rings is 1. The van der Waals surface area contributed by atoms with Crippen LogP contribution in [0.4, 0.5) is 5.69 Å². The van der Waals surface area contributed by atoms with E-state index in [0.29, 0.717) is 22.7 Å². The van der Waals surface area contributed by atoms with Crippen molar-refractivity contribution in [2.45, 2.75) is 31.2 Å². The molecule has 0 saturated heterocycles. The number of anilines is 1. The lowest BCUT2D eigenvalue weighted by Crippen LogP contribution is -2.38. The van der Waals surface area contributed by atoms with Crippen molar-refractivity contribution >= 4 is 41.0 Å². The molecule has 2 amide bonds. The molecule has 1 unspecified atom stereocenters. The van der Waals surface area contributed by atoms with Gasteiger partial charge in [0.2, 0.25) is 11.8 Å². The Hall–Kier alpha value is -2.12. The molecule has 0 spiro atoms. The quantitative estimate of drug-likeness (QED) is 0.763. The van der Waals surface area contributed by atoms with Gasteiger partial charge in [-0.1, -0.05) is 0 Å². The third-order valence-corrected chi connectivity index (χ3v) is 3.36. The molecule has 3 rings (SSSR count). The molecule has 0 radical (unpaired) electrons. The minimum absolute atomic E-state index is 0. The maximum absolute atomic E-state index is 11.8. The van der Waals surface area contributed by atoms with Gasteiger partial charge in [0.1, 0.15) is 5.52 Å². The van der Waals surface area contributed by atoms with Gasteiger partial charge in [-0.05, 0) is 31.0 Å². The number of halogens is 1. The van der Waals surface area contributed by atoms with Crippen LogP contribution in [0, 0.1) is 0 Å². The summed E-state index contributed by atoms with van der Waals surface area (Å²) < 4.78 is 5.64. The molecule has 7 nitrogen and oxygen atoms in total. The predicted octanol–water partition coefficient (Wildman–Crippen LogP) is 1.27. The van der Waals surface area contributed by atoms with E-state index in [0.717, 1.165) is 18.7 Å². The fourth-order valence-corrected chi connectivity index (χ4v) is 2.07. The van der Waals surface area contributed by atoms with Gasteiger partial charge in [0, 0.05) is 11.6 Å². The molecule has 1 heterocycles. The number of rotatable bonds is 5. The number of hydrogen-bond acceptors (Lipinski definition) is 5. The predicted molar refractivity (Wildman–Crippen MR) is 83.6 cm³/mol. The van der Waals surface area contributed by atoms with Crippen LogP contribution in [0.15, 0.2) is 22.6 Å². The van der Waals surface area contributed by atoms with Gasteiger partial charge in [0.15, 0.2) is 11.5 Å². The zero-order valence-corrected chi connectivity index (χ0v) is 12.6. The van der Waals surface area contributed by atoms with Crippen LogP contribution in [0.25, 0.3) is 11.1 Å². The Morgan fingerprint density at radius 3 is 2.77 bits per heavy atom. The number of nitrogens with one attached hydrogen (secondary N) is 1. The van der Waals surface area contributed by atoms with Crippen LogP contribution >= 0.6 is 12.4 Å². The monoisotopic (exact) mass is 324 g/mol. The number of nitrogens with two attached hydrogens (primary N) is 2. The van der Waals surface area contributed by atoms with E-state index < -0.39 is 17.9 Å². The Morgan fingerprint density at radius 2 is 2.14 bits per heavy atom. The summed E-state index contributed by atoms with van der Waals surface area (Å²) in [4.78, 5) is 27.0.